The van der Waals surface area contributed by atoms with Crippen molar-refractivity contribution in [1.29, 1.82) is 0 Å². The minimum Gasteiger partial charge on any atom is -0.339 e. The fraction of sp³-hybridized carbons (Fsp3) is 0.533. The average Bonchev–Trinajstić information content (AvgIpc) is 2.46. The molecule has 104 valence electrons. The van der Waals surface area contributed by atoms with Gasteiger partial charge < -0.3 is 4.90 Å². The number of amides is 1. The number of rotatable bonds is 4. The Kier molecular flexibility index (Phi) is 5.25. The Morgan fingerprint density at radius 1 is 1.37 bits per heavy atom. The van der Waals surface area contributed by atoms with Gasteiger partial charge in [-0.25, -0.2) is 4.39 Å². The summed E-state index contributed by atoms with van der Waals surface area (Å²) < 4.78 is 12.8. The monoisotopic (exact) mass is 281 g/mol. The standard InChI is InChI=1S/C15H20FNOS/c1-2-13-5-3-4-10-17(13)15(18)11-19-14-8-6-12(16)7-9-14/h6-9,13H,2-5,10-11H2,1H3. The smallest absolute Gasteiger partial charge is 0.233 e. The Bertz CT molecular complexity index is 421. The van der Waals surface area contributed by atoms with Crippen LogP contribution in [0.3, 0.4) is 0 Å². The van der Waals surface area contributed by atoms with Crippen molar-refractivity contribution in [3.05, 3.63) is 30.1 Å². The minimum atomic E-state index is -0.238. The highest BCUT2D eigenvalue weighted by molar-refractivity contribution is 8.00. The number of thioether (sulfide) groups is 1. The third-order valence-corrected chi connectivity index (χ3v) is 4.59. The molecule has 0 aromatic heterocycles. The maximum absolute atomic E-state index is 12.8. The molecule has 1 aromatic rings. The summed E-state index contributed by atoms with van der Waals surface area (Å²) in [5.74, 6) is 0.418. The second-order valence-corrected chi connectivity index (χ2v) is 5.94. The molecule has 1 atom stereocenters. The minimum absolute atomic E-state index is 0.209. The van der Waals surface area contributed by atoms with Crippen LogP contribution in [0.2, 0.25) is 0 Å². The maximum atomic E-state index is 12.8. The van der Waals surface area contributed by atoms with E-state index < -0.39 is 0 Å². The van der Waals surface area contributed by atoms with Crippen LogP contribution in [0.15, 0.2) is 29.2 Å². The normalized spacial score (nSPS) is 19.5. The summed E-state index contributed by atoms with van der Waals surface area (Å²) in [6, 6.07) is 6.72. The van der Waals surface area contributed by atoms with Gasteiger partial charge in [-0.3, -0.25) is 4.79 Å². The van der Waals surface area contributed by atoms with E-state index in [2.05, 4.69) is 6.92 Å². The quantitative estimate of drug-likeness (QED) is 0.784. The van der Waals surface area contributed by atoms with Gasteiger partial charge in [0.25, 0.3) is 0 Å². The molecule has 4 heteroatoms. The Hall–Kier alpha value is -1.03. The van der Waals surface area contributed by atoms with Crippen molar-refractivity contribution in [2.45, 2.75) is 43.5 Å². The predicted octanol–water partition coefficient (Wildman–Crippen LogP) is 3.71. The molecule has 0 aliphatic carbocycles. The molecule has 1 fully saturated rings. The third kappa shape index (κ3) is 3.96. The van der Waals surface area contributed by atoms with Gasteiger partial charge in [0.2, 0.25) is 5.91 Å². The Morgan fingerprint density at radius 3 is 2.79 bits per heavy atom. The van der Waals surface area contributed by atoms with Crippen LogP contribution in [0.5, 0.6) is 0 Å². The van der Waals surface area contributed by atoms with Gasteiger partial charge >= 0.3 is 0 Å². The summed E-state index contributed by atoms with van der Waals surface area (Å²) in [5.41, 5.74) is 0. The third-order valence-electron chi connectivity index (χ3n) is 3.59. The summed E-state index contributed by atoms with van der Waals surface area (Å²) in [6.07, 6.45) is 4.51. The lowest BCUT2D eigenvalue weighted by Gasteiger charge is -2.35. The van der Waals surface area contributed by atoms with Crippen molar-refractivity contribution in [3.63, 3.8) is 0 Å². The van der Waals surface area contributed by atoms with E-state index in [1.165, 1.54) is 30.3 Å². The van der Waals surface area contributed by atoms with Gasteiger partial charge in [0.15, 0.2) is 0 Å². The van der Waals surface area contributed by atoms with E-state index in [0.717, 1.165) is 30.7 Å². The first-order valence-electron chi connectivity index (χ1n) is 6.88. The fourth-order valence-electron chi connectivity index (χ4n) is 2.51. The maximum Gasteiger partial charge on any atom is 0.233 e. The second-order valence-electron chi connectivity index (χ2n) is 4.89. The molecule has 1 heterocycles. The number of benzene rings is 1. The lowest BCUT2D eigenvalue weighted by molar-refractivity contribution is -0.132. The number of likely N-dealkylation sites (tertiary alicyclic amines) is 1. The number of nitrogens with zero attached hydrogens (tertiary/aromatic N) is 1. The Morgan fingerprint density at radius 2 is 2.11 bits per heavy atom. The number of carbonyl (C=O) groups excluding carboxylic acids is 1. The first-order chi connectivity index (χ1) is 9.20. The van der Waals surface area contributed by atoms with Crippen LogP contribution in [0.4, 0.5) is 4.39 Å². The molecule has 0 N–H and O–H groups in total. The summed E-state index contributed by atoms with van der Waals surface area (Å²) in [6.45, 7) is 3.03. The summed E-state index contributed by atoms with van der Waals surface area (Å²) in [4.78, 5) is 15.2. The molecule has 1 aliphatic rings. The molecule has 0 spiro atoms. The van der Waals surface area contributed by atoms with Gasteiger partial charge in [-0.1, -0.05) is 6.92 Å². The number of hydrogen-bond donors (Lipinski definition) is 0. The molecule has 0 radical (unpaired) electrons. The van der Waals surface area contributed by atoms with E-state index in [1.54, 1.807) is 12.1 Å². The first-order valence-corrected chi connectivity index (χ1v) is 7.87. The van der Waals surface area contributed by atoms with Crippen molar-refractivity contribution < 1.29 is 9.18 Å². The van der Waals surface area contributed by atoms with Crippen molar-refractivity contribution in [3.8, 4) is 0 Å². The van der Waals surface area contributed by atoms with E-state index in [-0.39, 0.29) is 11.7 Å². The van der Waals surface area contributed by atoms with Crippen LogP contribution in [0, 0.1) is 5.82 Å². The van der Waals surface area contributed by atoms with Crippen LogP contribution >= 0.6 is 11.8 Å². The van der Waals surface area contributed by atoms with Gasteiger partial charge in [-0.2, -0.15) is 0 Å². The molecule has 0 bridgehead atoms. The molecule has 0 saturated carbocycles. The molecule has 1 unspecified atom stereocenters. The Balaban J connectivity index is 1.87. The number of piperidine rings is 1. The zero-order valence-electron chi connectivity index (χ0n) is 11.3. The highest BCUT2D eigenvalue weighted by Crippen LogP contribution is 2.23. The van der Waals surface area contributed by atoms with Gasteiger partial charge in [0, 0.05) is 17.5 Å². The van der Waals surface area contributed by atoms with Crippen LogP contribution in [0.1, 0.15) is 32.6 Å². The number of carbonyl (C=O) groups is 1. The number of hydrogen-bond acceptors (Lipinski definition) is 2. The topological polar surface area (TPSA) is 20.3 Å². The van der Waals surface area contributed by atoms with Crippen molar-refractivity contribution in [2.24, 2.45) is 0 Å². The molecule has 1 amide bonds. The summed E-state index contributed by atoms with van der Waals surface area (Å²) in [5, 5.41) is 0. The second kappa shape index (κ2) is 6.94. The molecule has 1 aliphatic heterocycles. The van der Waals surface area contributed by atoms with Crippen molar-refractivity contribution in [1.82, 2.24) is 4.90 Å². The van der Waals surface area contributed by atoms with Crippen LogP contribution in [0.25, 0.3) is 0 Å². The van der Waals surface area contributed by atoms with Crippen LogP contribution in [-0.2, 0) is 4.79 Å². The number of halogens is 1. The largest absolute Gasteiger partial charge is 0.339 e. The molecule has 19 heavy (non-hydrogen) atoms. The van der Waals surface area contributed by atoms with Gasteiger partial charge in [0.1, 0.15) is 5.82 Å². The molecule has 2 rings (SSSR count). The van der Waals surface area contributed by atoms with Crippen molar-refractivity contribution >= 4 is 17.7 Å². The summed E-state index contributed by atoms with van der Waals surface area (Å²) in [7, 11) is 0. The van der Waals surface area contributed by atoms with Gasteiger partial charge in [-0.15, -0.1) is 11.8 Å². The highest BCUT2D eigenvalue weighted by atomic mass is 32.2. The first kappa shape index (κ1) is 14.4. The van der Waals surface area contributed by atoms with Gasteiger partial charge in [0.05, 0.1) is 5.75 Å². The van der Waals surface area contributed by atoms with Gasteiger partial charge in [-0.05, 0) is 49.9 Å². The molecule has 2 nitrogen and oxygen atoms in total. The zero-order chi connectivity index (χ0) is 13.7. The van der Waals surface area contributed by atoms with E-state index in [1.807, 2.05) is 4.90 Å². The van der Waals surface area contributed by atoms with E-state index in [4.69, 9.17) is 0 Å². The van der Waals surface area contributed by atoms with Crippen LogP contribution in [-0.4, -0.2) is 29.1 Å². The molecular weight excluding hydrogens is 261 g/mol. The Labute approximate surface area is 118 Å². The molecule has 1 saturated heterocycles. The average molecular weight is 281 g/mol. The SMILES string of the molecule is CCC1CCCCN1C(=O)CSc1ccc(F)cc1. The van der Waals surface area contributed by atoms with E-state index in [0.29, 0.717) is 11.8 Å². The zero-order valence-corrected chi connectivity index (χ0v) is 12.1. The highest BCUT2D eigenvalue weighted by Gasteiger charge is 2.24. The lowest BCUT2D eigenvalue weighted by atomic mass is 10.0. The fourth-order valence-corrected chi connectivity index (χ4v) is 3.30. The lowest BCUT2D eigenvalue weighted by Crippen LogP contribution is -2.44. The van der Waals surface area contributed by atoms with E-state index in [9.17, 15) is 9.18 Å². The molecular formula is C15H20FNOS. The summed E-state index contributed by atoms with van der Waals surface area (Å²) >= 11 is 1.49. The van der Waals surface area contributed by atoms with E-state index >= 15 is 0 Å². The van der Waals surface area contributed by atoms with Crippen molar-refractivity contribution in [2.75, 3.05) is 12.3 Å². The van der Waals surface area contributed by atoms with Crippen LogP contribution < -0.4 is 0 Å². The molecule has 1 aromatic carbocycles. The predicted molar refractivity (Wildman–Crippen MR) is 76.8 cm³/mol.